The molecule has 0 aliphatic carbocycles. The topological polar surface area (TPSA) is 85.0 Å². The van der Waals surface area contributed by atoms with Gasteiger partial charge in [-0.25, -0.2) is 13.5 Å². The number of halogens is 2. The molecule has 2 aromatic carbocycles. The number of aryl methyl sites for hydroxylation is 1. The molecular formula is C25H21F2N5O2. The maximum absolute atomic E-state index is 14.8. The minimum absolute atomic E-state index is 0.108. The zero-order valence-corrected chi connectivity index (χ0v) is 18.3. The zero-order chi connectivity index (χ0) is 23.8. The normalized spacial score (nSPS) is 14.2. The molecule has 0 unspecified atom stereocenters. The number of fused-ring (bicyclic) bond motifs is 1. The summed E-state index contributed by atoms with van der Waals surface area (Å²) in [5.74, 6) is -0.851. The van der Waals surface area contributed by atoms with E-state index in [4.69, 9.17) is 0 Å². The number of benzene rings is 2. The van der Waals surface area contributed by atoms with Crippen LogP contribution in [0.25, 0.3) is 28.2 Å². The highest BCUT2D eigenvalue weighted by Crippen LogP contribution is 2.39. The molecule has 34 heavy (non-hydrogen) atoms. The van der Waals surface area contributed by atoms with Gasteiger partial charge < -0.3 is 10.4 Å². The van der Waals surface area contributed by atoms with Crippen LogP contribution in [0, 0.1) is 18.6 Å². The van der Waals surface area contributed by atoms with Crippen molar-refractivity contribution >= 4 is 5.82 Å². The molecule has 0 spiro atoms. The Bertz CT molecular complexity index is 1490. The summed E-state index contributed by atoms with van der Waals surface area (Å²) in [6.07, 6.45) is 1.69. The number of aromatic nitrogens is 4. The Morgan fingerprint density at radius 3 is 2.71 bits per heavy atom. The number of aliphatic hydroxyl groups is 1. The van der Waals surface area contributed by atoms with Crippen LogP contribution < -0.4 is 10.9 Å². The fourth-order valence-corrected chi connectivity index (χ4v) is 4.10. The molecule has 7 nitrogen and oxygen atoms in total. The van der Waals surface area contributed by atoms with Gasteiger partial charge in [0.1, 0.15) is 23.1 Å². The van der Waals surface area contributed by atoms with Crippen LogP contribution in [0.15, 0.2) is 71.0 Å². The second kappa shape index (κ2) is 8.68. The summed E-state index contributed by atoms with van der Waals surface area (Å²) in [6, 6.07) is 13.7. The Hall–Kier alpha value is -4.11. The number of para-hydroxylation sites is 1. The number of anilines is 1. The van der Waals surface area contributed by atoms with Crippen LogP contribution >= 0.6 is 0 Å². The second-order valence-corrected chi connectivity index (χ2v) is 8.01. The Morgan fingerprint density at radius 1 is 1.12 bits per heavy atom. The van der Waals surface area contributed by atoms with E-state index >= 15 is 0 Å². The highest BCUT2D eigenvalue weighted by atomic mass is 19.1. The number of rotatable bonds is 4. The van der Waals surface area contributed by atoms with Gasteiger partial charge in [-0.3, -0.25) is 4.79 Å². The van der Waals surface area contributed by atoms with Gasteiger partial charge in [-0.1, -0.05) is 24.3 Å². The molecule has 172 valence electrons. The first-order chi connectivity index (χ1) is 16.5. The lowest BCUT2D eigenvalue weighted by atomic mass is 10.0. The van der Waals surface area contributed by atoms with E-state index in [0.717, 1.165) is 17.2 Å². The van der Waals surface area contributed by atoms with Crippen molar-refractivity contribution in [1.82, 2.24) is 19.6 Å². The fourth-order valence-electron chi connectivity index (χ4n) is 4.10. The molecule has 9 heteroatoms. The minimum Gasteiger partial charge on any atom is -0.392 e. The summed E-state index contributed by atoms with van der Waals surface area (Å²) in [5, 5.41) is 21.7. The van der Waals surface area contributed by atoms with E-state index in [9.17, 15) is 18.7 Å². The van der Waals surface area contributed by atoms with E-state index in [1.54, 1.807) is 22.9 Å². The first-order valence-corrected chi connectivity index (χ1v) is 10.7. The first-order valence-electron chi connectivity index (χ1n) is 10.7. The zero-order valence-electron chi connectivity index (χ0n) is 18.3. The van der Waals surface area contributed by atoms with Crippen molar-refractivity contribution in [3.63, 3.8) is 0 Å². The van der Waals surface area contributed by atoms with Gasteiger partial charge in [0.25, 0.3) is 5.56 Å². The quantitative estimate of drug-likeness (QED) is 0.453. The molecule has 0 atom stereocenters. The van der Waals surface area contributed by atoms with E-state index in [1.807, 2.05) is 25.1 Å². The van der Waals surface area contributed by atoms with Crippen molar-refractivity contribution in [2.45, 2.75) is 13.5 Å². The third-order valence-corrected chi connectivity index (χ3v) is 5.75. The fraction of sp³-hybridized carbons (Fsp3) is 0.160. The van der Waals surface area contributed by atoms with Gasteiger partial charge in [-0.2, -0.15) is 14.9 Å². The molecular weight excluding hydrogens is 440 g/mol. The molecule has 0 amide bonds. The van der Waals surface area contributed by atoms with Gasteiger partial charge in [0.2, 0.25) is 0 Å². The van der Waals surface area contributed by atoms with Crippen molar-refractivity contribution in [2.24, 2.45) is 0 Å². The van der Waals surface area contributed by atoms with Crippen molar-refractivity contribution in [1.29, 1.82) is 0 Å². The molecule has 0 fully saturated rings. The molecule has 5 rings (SSSR count). The third-order valence-electron chi connectivity index (χ3n) is 5.75. The molecule has 0 saturated heterocycles. The SMILES string of the molecule is Cc1ccccc1-n1nc(-c2c(-c3ccc(F)cc3F)nn3c2NC/C(=C/CO)C3)ccc1=O. The lowest BCUT2D eigenvalue weighted by molar-refractivity contribution is 0.341. The maximum Gasteiger partial charge on any atom is 0.271 e. The van der Waals surface area contributed by atoms with Crippen LogP contribution in [0.3, 0.4) is 0 Å². The average molecular weight is 461 g/mol. The standard InChI is InChI=1S/C25H21F2N5O2/c1-15-4-2-3-5-21(15)32-22(34)9-8-20(29-32)23-24(18-7-6-17(26)12-19(18)27)30-31-14-16(10-11-33)13-28-25(23)31/h2-10,12,28,33H,11,13-14H2,1H3/b16-10-. The van der Waals surface area contributed by atoms with Gasteiger partial charge >= 0.3 is 0 Å². The molecule has 1 aliphatic heterocycles. The molecule has 0 bridgehead atoms. The molecule has 0 radical (unpaired) electrons. The molecule has 4 aromatic rings. The van der Waals surface area contributed by atoms with E-state index in [1.165, 1.54) is 22.9 Å². The largest absolute Gasteiger partial charge is 0.392 e. The Labute approximate surface area is 193 Å². The van der Waals surface area contributed by atoms with E-state index < -0.39 is 11.6 Å². The van der Waals surface area contributed by atoms with Crippen molar-refractivity contribution in [3.05, 3.63) is 93.8 Å². The molecule has 0 saturated carbocycles. The van der Waals surface area contributed by atoms with E-state index in [-0.39, 0.29) is 23.4 Å². The van der Waals surface area contributed by atoms with E-state index in [2.05, 4.69) is 15.5 Å². The van der Waals surface area contributed by atoms with Gasteiger partial charge in [0, 0.05) is 24.2 Å². The Kier molecular flexibility index (Phi) is 5.54. The van der Waals surface area contributed by atoms with Crippen LogP contribution in [0.1, 0.15) is 5.56 Å². The molecule has 2 aromatic heterocycles. The summed E-state index contributed by atoms with van der Waals surface area (Å²) in [7, 11) is 0. The van der Waals surface area contributed by atoms with Crippen molar-refractivity contribution < 1.29 is 13.9 Å². The summed E-state index contributed by atoms with van der Waals surface area (Å²) in [6.45, 7) is 2.62. The number of nitrogens with zero attached hydrogens (tertiary/aromatic N) is 4. The summed E-state index contributed by atoms with van der Waals surface area (Å²) < 4.78 is 31.4. The lowest BCUT2D eigenvalue weighted by Gasteiger charge is -2.20. The third kappa shape index (κ3) is 3.80. The molecule has 3 heterocycles. The summed E-state index contributed by atoms with van der Waals surface area (Å²) in [4.78, 5) is 12.7. The first kappa shape index (κ1) is 21.7. The number of hydrogen-bond acceptors (Lipinski definition) is 5. The van der Waals surface area contributed by atoms with Gasteiger partial charge in [0.05, 0.1) is 30.1 Å². The van der Waals surface area contributed by atoms with Crippen molar-refractivity contribution in [3.8, 4) is 28.2 Å². The summed E-state index contributed by atoms with van der Waals surface area (Å²) in [5.41, 5.74) is 3.39. The van der Waals surface area contributed by atoms with Gasteiger partial charge in [0.15, 0.2) is 0 Å². The van der Waals surface area contributed by atoms with Crippen LogP contribution in [-0.4, -0.2) is 37.8 Å². The van der Waals surface area contributed by atoms with Gasteiger partial charge in [-0.05, 0) is 42.3 Å². The van der Waals surface area contributed by atoms with Crippen molar-refractivity contribution in [2.75, 3.05) is 18.5 Å². The molecule has 2 N–H and O–H groups in total. The number of nitrogens with one attached hydrogen (secondary N) is 1. The molecule has 1 aliphatic rings. The van der Waals surface area contributed by atoms with Crippen LogP contribution in [-0.2, 0) is 6.54 Å². The van der Waals surface area contributed by atoms with Gasteiger partial charge in [-0.15, -0.1) is 0 Å². The smallest absolute Gasteiger partial charge is 0.271 e. The lowest BCUT2D eigenvalue weighted by Crippen LogP contribution is -2.22. The summed E-state index contributed by atoms with van der Waals surface area (Å²) >= 11 is 0. The Morgan fingerprint density at radius 2 is 1.94 bits per heavy atom. The van der Waals surface area contributed by atoms with E-state index in [0.29, 0.717) is 35.9 Å². The maximum atomic E-state index is 14.8. The number of aliphatic hydroxyl groups excluding tert-OH is 1. The van der Waals surface area contributed by atoms with Crippen LogP contribution in [0.2, 0.25) is 0 Å². The van der Waals surface area contributed by atoms with Crippen LogP contribution in [0.4, 0.5) is 14.6 Å². The average Bonchev–Trinajstić information content (AvgIpc) is 3.18. The minimum atomic E-state index is -0.755. The Balaban J connectivity index is 1.74. The monoisotopic (exact) mass is 461 g/mol. The highest BCUT2D eigenvalue weighted by molar-refractivity contribution is 5.88. The predicted octanol–water partition coefficient (Wildman–Crippen LogP) is 3.69. The predicted molar refractivity (Wildman–Crippen MR) is 125 cm³/mol. The van der Waals surface area contributed by atoms with Crippen LogP contribution in [0.5, 0.6) is 0 Å². The second-order valence-electron chi connectivity index (χ2n) is 8.01. The number of hydrogen-bond donors (Lipinski definition) is 2. The highest BCUT2D eigenvalue weighted by Gasteiger charge is 2.27.